The molecule has 0 saturated carbocycles. The number of ether oxygens (including phenoxy) is 1. The molecule has 2 aromatic rings. The van der Waals surface area contributed by atoms with Crippen LogP contribution in [0.4, 0.5) is 11.4 Å². The summed E-state index contributed by atoms with van der Waals surface area (Å²) in [7, 11) is 0. The Kier molecular flexibility index (Phi) is 3.61. The Morgan fingerprint density at radius 1 is 1.10 bits per heavy atom. The van der Waals surface area contributed by atoms with Crippen molar-refractivity contribution in [3.63, 3.8) is 0 Å². The lowest BCUT2D eigenvalue weighted by atomic mass is 10.1. The van der Waals surface area contributed by atoms with Gasteiger partial charge >= 0.3 is 0 Å². The average Bonchev–Trinajstić information content (AvgIpc) is 2.69. The van der Waals surface area contributed by atoms with Crippen LogP contribution in [0.15, 0.2) is 48.5 Å². The maximum atomic E-state index is 9.59. The average molecular weight is 269 g/mol. The molecule has 0 amide bonds. The van der Waals surface area contributed by atoms with Crippen molar-refractivity contribution in [2.24, 2.45) is 0 Å². The van der Waals surface area contributed by atoms with E-state index in [0.717, 1.165) is 42.3 Å². The first-order chi connectivity index (χ1) is 9.75. The van der Waals surface area contributed by atoms with Gasteiger partial charge in [0.15, 0.2) is 0 Å². The van der Waals surface area contributed by atoms with E-state index in [0.29, 0.717) is 0 Å². The monoisotopic (exact) mass is 269 g/mol. The number of aliphatic hydroxyl groups excluding tert-OH is 1. The number of fused-ring (bicyclic) bond motifs is 1. The van der Waals surface area contributed by atoms with Gasteiger partial charge in [0.05, 0.1) is 18.4 Å². The van der Waals surface area contributed by atoms with Crippen molar-refractivity contribution in [3.8, 4) is 5.75 Å². The molecule has 0 aromatic heterocycles. The third kappa shape index (κ3) is 2.49. The fourth-order valence-corrected chi connectivity index (χ4v) is 2.53. The number of nitrogens with zero attached hydrogens (tertiary/aromatic N) is 1. The third-order valence-electron chi connectivity index (χ3n) is 3.63. The van der Waals surface area contributed by atoms with E-state index in [-0.39, 0.29) is 0 Å². The highest BCUT2D eigenvalue weighted by molar-refractivity contribution is 5.69. The number of anilines is 2. The van der Waals surface area contributed by atoms with Gasteiger partial charge in [0, 0.05) is 12.2 Å². The number of para-hydroxylation sites is 2. The highest BCUT2D eigenvalue weighted by Gasteiger charge is 2.17. The van der Waals surface area contributed by atoms with Gasteiger partial charge in [0.25, 0.3) is 0 Å². The molecule has 1 aliphatic heterocycles. The molecule has 1 N–H and O–H groups in total. The maximum absolute atomic E-state index is 9.59. The van der Waals surface area contributed by atoms with Crippen LogP contribution in [-0.2, 0) is 0 Å². The molecule has 1 atom stereocenters. The van der Waals surface area contributed by atoms with Gasteiger partial charge in [-0.25, -0.2) is 0 Å². The van der Waals surface area contributed by atoms with Crippen LogP contribution in [0.5, 0.6) is 5.75 Å². The lowest BCUT2D eigenvalue weighted by Gasteiger charge is -2.24. The molecule has 0 radical (unpaired) electrons. The van der Waals surface area contributed by atoms with E-state index < -0.39 is 6.10 Å². The maximum Gasteiger partial charge on any atom is 0.142 e. The van der Waals surface area contributed by atoms with Gasteiger partial charge in [0.2, 0.25) is 0 Å². The molecule has 0 spiro atoms. The van der Waals surface area contributed by atoms with Crippen molar-refractivity contribution < 1.29 is 9.84 Å². The summed E-state index contributed by atoms with van der Waals surface area (Å²) >= 11 is 0. The minimum atomic E-state index is -0.427. The summed E-state index contributed by atoms with van der Waals surface area (Å²) < 4.78 is 5.78. The fraction of sp³-hybridized carbons (Fsp3) is 0.294. The van der Waals surface area contributed by atoms with Crippen molar-refractivity contribution in [1.29, 1.82) is 0 Å². The Morgan fingerprint density at radius 2 is 1.85 bits per heavy atom. The van der Waals surface area contributed by atoms with Crippen molar-refractivity contribution in [1.82, 2.24) is 0 Å². The smallest absolute Gasteiger partial charge is 0.142 e. The van der Waals surface area contributed by atoms with Crippen LogP contribution in [0.3, 0.4) is 0 Å². The molecular formula is C17H19NO2. The minimum absolute atomic E-state index is 0.427. The van der Waals surface area contributed by atoms with Crippen LogP contribution in [0.2, 0.25) is 0 Å². The quantitative estimate of drug-likeness (QED) is 0.903. The predicted octanol–water partition coefficient (Wildman–Crippen LogP) is 3.66. The second-order valence-electron chi connectivity index (χ2n) is 5.09. The Morgan fingerprint density at radius 3 is 2.60 bits per heavy atom. The topological polar surface area (TPSA) is 32.7 Å². The highest BCUT2D eigenvalue weighted by atomic mass is 16.5. The van der Waals surface area contributed by atoms with Crippen molar-refractivity contribution >= 4 is 11.4 Å². The summed E-state index contributed by atoms with van der Waals surface area (Å²) in [6, 6.07) is 16.2. The summed E-state index contributed by atoms with van der Waals surface area (Å²) in [5, 5.41) is 9.59. The molecule has 3 heteroatoms. The zero-order valence-corrected chi connectivity index (χ0v) is 11.6. The summed E-state index contributed by atoms with van der Waals surface area (Å²) in [4.78, 5) is 2.27. The molecular weight excluding hydrogens is 250 g/mol. The van der Waals surface area contributed by atoms with Crippen LogP contribution in [-0.4, -0.2) is 18.3 Å². The van der Waals surface area contributed by atoms with Gasteiger partial charge < -0.3 is 14.7 Å². The molecule has 1 heterocycles. The Labute approximate surface area is 119 Å². The van der Waals surface area contributed by atoms with Crippen LogP contribution in [0.25, 0.3) is 0 Å². The number of hydrogen-bond donors (Lipinski definition) is 1. The predicted molar refractivity (Wildman–Crippen MR) is 80.6 cm³/mol. The Bertz CT molecular complexity index is 578. The molecule has 3 nitrogen and oxygen atoms in total. The van der Waals surface area contributed by atoms with Gasteiger partial charge in [-0.05, 0) is 43.2 Å². The molecule has 2 aromatic carbocycles. The van der Waals surface area contributed by atoms with E-state index in [2.05, 4.69) is 23.1 Å². The Balaban J connectivity index is 1.97. The minimum Gasteiger partial charge on any atom is -0.491 e. The Hall–Kier alpha value is -2.00. The summed E-state index contributed by atoms with van der Waals surface area (Å²) in [6.07, 6.45) is 0.566. The van der Waals surface area contributed by atoms with E-state index in [1.54, 1.807) is 6.92 Å². The molecule has 20 heavy (non-hydrogen) atoms. The van der Waals surface area contributed by atoms with Crippen LogP contribution < -0.4 is 9.64 Å². The molecule has 0 saturated heterocycles. The standard InChI is InChI=1S/C17H19NO2/c1-13(19)14-7-9-15(10-8-14)18-11-4-12-20-17-6-3-2-5-16(17)18/h2-3,5-10,13,19H,4,11-12H2,1H3. The second-order valence-corrected chi connectivity index (χ2v) is 5.09. The summed E-state index contributed by atoms with van der Waals surface area (Å²) in [5.41, 5.74) is 3.18. The SMILES string of the molecule is CC(O)c1ccc(N2CCCOc3ccccc32)cc1. The van der Waals surface area contributed by atoms with E-state index >= 15 is 0 Å². The van der Waals surface area contributed by atoms with Gasteiger partial charge in [-0.3, -0.25) is 0 Å². The number of rotatable bonds is 2. The van der Waals surface area contributed by atoms with E-state index in [1.165, 1.54) is 0 Å². The molecule has 1 unspecified atom stereocenters. The van der Waals surface area contributed by atoms with E-state index in [9.17, 15) is 5.11 Å². The summed E-state index contributed by atoms with van der Waals surface area (Å²) in [5.74, 6) is 0.935. The van der Waals surface area contributed by atoms with E-state index in [1.807, 2.05) is 30.3 Å². The third-order valence-corrected chi connectivity index (χ3v) is 3.63. The van der Waals surface area contributed by atoms with Crippen LogP contribution >= 0.6 is 0 Å². The molecule has 0 fully saturated rings. The number of aliphatic hydroxyl groups is 1. The number of hydrogen-bond acceptors (Lipinski definition) is 3. The molecule has 104 valence electrons. The van der Waals surface area contributed by atoms with Gasteiger partial charge in [0.1, 0.15) is 5.75 Å². The fourth-order valence-electron chi connectivity index (χ4n) is 2.53. The molecule has 3 rings (SSSR count). The lowest BCUT2D eigenvalue weighted by molar-refractivity contribution is 0.199. The first kappa shape index (κ1) is 13.0. The van der Waals surface area contributed by atoms with Crippen molar-refractivity contribution in [2.75, 3.05) is 18.1 Å². The zero-order chi connectivity index (χ0) is 13.9. The van der Waals surface area contributed by atoms with Crippen molar-refractivity contribution in [3.05, 3.63) is 54.1 Å². The molecule has 0 bridgehead atoms. The van der Waals surface area contributed by atoms with Gasteiger partial charge in [-0.15, -0.1) is 0 Å². The highest BCUT2D eigenvalue weighted by Crippen LogP contribution is 2.35. The zero-order valence-electron chi connectivity index (χ0n) is 11.6. The van der Waals surface area contributed by atoms with Gasteiger partial charge in [-0.1, -0.05) is 24.3 Å². The number of benzene rings is 2. The normalized spacial score (nSPS) is 16.0. The van der Waals surface area contributed by atoms with E-state index in [4.69, 9.17) is 4.74 Å². The van der Waals surface area contributed by atoms with Gasteiger partial charge in [-0.2, -0.15) is 0 Å². The largest absolute Gasteiger partial charge is 0.491 e. The first-order valence-electron chi connectivity index (χ1n) is 7.03. The van der Waals surface area contributed by atoms with Crippen LogP contribution in [0, 0.1) is 0 Å². The second kappa shape index (κ2) is 5.55. The van der Waals surface area contributed by atoms with Crippen LogP contribution in [0.1, 0.15) is 25.0 Å². The molecule has 0 aliphatic carbocycles. The van der Waals surface area contributed by atoms with Crippen molar-refractivity contribution in [2.45, 2.75) is 19.4 Å². The lowest BCUT2D eigenvalue weighted by Crippen LogP contribution is -2.17. The first-order valence-corrected chi connectivity index (χ1v) is 7.03. The molecule has 1 aliphatic rings. The summed E-state index contributed by atoms with van der Waals surface area (Å²) in [6.45, 7) is 3.47.